The van der Waals surface area contributed by atoms with Crippen molar-refractivity contribution < 1.29 is 4.74 Å². The Hall–Kier alpha value is -2.30. The molecule has 0 saturated carbocycles. The third-order valence-corrected chi connectivity index (χ3v) is 3.77. The first kappa shape index (κ1) is 17.1. The Balaban J connectivity index is 1.99. The van der Waals surface area contributed by atoms with Crippen LogP contribution in [0.3, 0.4) is 0 Å². The minimum Gasteiger partial charge on any atom is -0.497 e. The maximum absolute atomic E-state index is 5.26. The molecule has 0 bridgehead atoms. The highest BCUT2D eigenvalue weighted by atomic mass is 16.5. The molecule has 0 spiro atoms. The van der Waals surface area contributed by atoms with Gasteiger partial charge >= 0.3 is 0 Å². The number of aromatic nitrogens is 2. The summed E-state index contributed by atoms with van der Waals surface area (Å²) >= 11 is 0. The van der Waals surface area contributed by atoms with Gasteiger partial charge in [0.05, 0.1) is 7.11 Å². The summed E-state index contributed by atoms with van der Waals surface area (Å²) in [6, 6.07) is 10.2. The molecule has 23 heavy (non-hydrogen) atoms. The summed E-state index contributed by atoms with van der Waals surface area (Å²) < 4.78 is 5.26. The average Bonchev–Trinajstić information content (AvgIpc) is 2.56. The summed E-state index contributed by atoms with van der Waals surface area (Å²) in [5.41, 5.74) is 1.24. The predicted molar refractivity (Wildman–Crippen MR) is 95.5 cm³/mol. The molecule has 1 N–H and O–H groups in total. The summed E-state index contributed by atoms with van der Waals surface area (Å²) in [6.45, 7) is 8.90. The number of rotatable bonds is 8. The second-order valence-corrected chi connectivity index (χ2v) is 5.36. The number of nitrogens with zero attached hydrogens (tertiary/aromatic N) is 3. The minimum atomic E-state index is 0.790. The van der Waals surface area contributed by atoms with E-state index in [0.29, 0.717) is 0 Å². The van der Waals surface area contributed by atoms with E-state index in [1.807, 2.05) is 25.1 Å². The van der Waals surface area contributed by atoms with Gasteiger partial charge < -0.3 is 15.0 Å². The summed E-state index contributed by atoms with van der Waals surface area (Å²) in [4.78, 5) is 11.2. The number of benzene rings is 1. The van der Waals surface area contributed by atoms with Crippen molar-refractivity contribution in [1.82, 2.24) is 9.97 Å². The van der Waals surface area contributed by atoms with Crippen molar-refractivity contribution in [3.8, 4) is 5.75 Å². The van der Waals surface area contributed by atoms with E-state index < -0.39 is 0 Å². The normalized spacial score (nSPS) is 10.4. The molecular formula is C18H26N4O. The van der Waals surface area contributed by atoms with Crippen LogP contribution in [0.2, 0.25) is 0 Å². The Kier molecular flexibility index (Phi) is 6.20. The average molecular weight is 314 g/mol. The van der Waals surface area contributed by atoms with Gasteiger partial charge in [0.25, 0.3) is 0 Å². The van der Waals surface area contributed by atoms with Crippen LogP contribution >= 0.6 is 0 Å². The van der Waals surface area contributed by atoms with Gasteiger partial charge in [-0.2, -0.15) is 0 Å². The molecule has 124 valence electrons. The van der Waals surface area contributed by atoms with Crippen LogP contribution in [0, 0.1) is 6.92 Å². The SMILES string of the molecule is CCN(CC)c1cc(NCCc2cccc(OC)c2)nc(C)n1. The van der Waals surface area contributed by atoms with Crippen molar-refractivity contribution in [3.63, 3.8) is 0 Å². The molecule has 0 atom stereocenters. The Labute approximate surface area is 138 Å². The standard InChI is InChI=1S/C18H26N4O/c1-5-22(6-2)18-13-17(20-14(3)21-18)19-11-10-15-8-7-9-16(12-15)23-4/h7-9,12-13H,5-6,10-11H2,1-4H3,(H,19,20,21). The number of hydrogen-bond acceptors (Lipinski definition) is 5. The lowest BCUT2D eigenvalue weighted by molar-refractivity contribution is 0.414. The van der Waals surface area contributed by atoms with Gasteiger partial charge in [-0.15, -0.1) is 0 Å². The molecule has 0 aliphatic carbocycles. The molecule has 0 amide bonds. The van der Waals surface area contributed by atoms with E-state index in [1.54, 1.807) is 7.11 Å². The van der Waals surface area contributed by atoms with Crippen molar-refractivity contribution >= 4 is 11.6 Å². The van der Waals surface area contributed by atoms with Gasteiger partial charge in [-0.1, -0.05) is 12.1 Å². The third kappa shape index (κ3) is 4.84. The van der Waals surface area contributed by atoms with Crippen LogP contribution in [-0.2, 0) is 6.42 Å². The quantitative estimate of drug-likeness (QED) is 0.810. The van der Waals surface area contributed by atoms with Crippen LogP contribution in [0.15, 0.2) is 30.3 Å². The molecule has 2 aromatic rings. The predicted octanol–water partition coefficient (Wildman–Crippen LogP) is 3.29. The first-order valence-corrected chi connectivity index (χ1v) is 8.13. The lowest BCUT2D eigenvalue weighted by atomic mass is 10.1. The second kappa shape index (κ2) is 8.36. The van der Waals surface area contributed by atoms with E-state index in [0.717, 1.165) is 49.3 Å². The van der Waals surface area contributed by atoms with Gasteiger partial charge in [-0.05, 0) is 44.9 Å². The topological polar surface area (TPSA) is 50.3 Å². The molecule has 5 heteroatoms. The largest absolute Gasteiger partial charge is 0.497 e. The summed E-state index contributed by atoms with van der Waals surface area (Å²) in [5.74, 6) is 3.54. The molecule has 1 aromatic carbocycles. The van der Waals surface area contributed by atoms with E-state index in [9.17, 15) is 0 Å². The molecule has 0 aliphatic rings. The minimum absolute atomic E-state index is 0.790. The Morgan fingerprint density at radius 3 is 2.61 bits per heavy atom. The van der Waals surface area contributed by atoms with E-state index >= 15 is 0 Å². The number of aryl methyl sites for hydroxylation is 1. The number of anilines is 2. The Morgan fingerprint density at radius 1 is 1.13 bits per heavy atom. The zero-order chi connectivity index (χ0) is 16.7. The Morgan fingerprint density at radius 2 is 1.91 bits per heavy atom. The van der Waals surface area contributed by atoms with E-state index in [4.69, 9.17) is 4.74 Å². The van der Waals surface area contributed by atoms with Crippen LogP contribution in [0.25, 0.3) is 0 Å². The fourth-order valence-electron chi connectivity index (χ4n) is 2.51. The third-order valence-electron chi connectivity index (χ3n) is 3.77. The molecule has 0 saturated heterocycles. The highest BCUT2D eigenvalue weighted by Gasteiger charge is 2.07. The van der Waals surface area contributed by atoms with Crippen molar-refractivity contribution in [1.29, 1.82) is 0 Å². The maximum atomic E-state index is 5.26. The van der Waals surface area contributed by atoms with Crippen LogP contribution in [0.1, 0.15) is 25.2 Å². The fourth-order valence-corrected chi connectivity index (χ4v) is 2.51. The van der Waals surface area contributed by atoms with Crippen LogP contribution in [0.4, 0.5) is 11.6 Å². The number of methoxy groups -OCH3 is 1. The maximum Gasteiger partial charge on any atom is 0.134 e. The fraction of sp³-hybridized carbons (Fsp3) is 0.444. The molecule has 1 aromatic heterocycles. The van der Waals surface area contributed by atoms with E-state index in [1.165, 1.54) is 5.56 Å². The van der Waals surface area contributed by atoms with Gasteiger partial charge in [0.1, 0.15) is 23.2 Å². The molecule has 0 unspecified atom stereocenters. The van der Waals surface area contributed by atoms with Gasteiger partial charge in [0.2, 0.25) is 0 Å². The first-order valence-electron chi connectivity index (χ1n) is 8.13. The second-order valence-electron chi connectivity index (χ2n) is 5.36. The number of nitrogens with one attached hydrogen (secondary N) is 1. The zero-order valence-electron chi connectivity index (χ0n) is 14.5. The van der Waals surface area contributed by atoms with E-state index in [-0.39, 0.29) is 0 Å². The van der Waals surface area contributed by atoms with Gasteiger partial charge in [0.15, 0.2) is 0 Å². The zero-order valence-corrected chi connectivity index (χ0v) is 14.5. The molecule has 0 radical (unpaired) electrons. The van der Waals surface area contributed by atoms with Gasteiger partial charge in [-0.3, -0.25) is 0 Å². The summed E-state index contributed by atoms with van der Waals surface area (Å²) in [5, 5.41) is 3.40. The van der Waals surface area contributed by atoms with E-state index in [2.05, 4.69) is 46.2 Å². The van der Waals surface area contributed by atoms with Crippen LogP contribution in [0.5, 0.6) is 5.75 Å². The van der Waals surface area contributed by atoms with Crippen molar-refractivity contribution in [2.24, 2.45) is 0 Å². The monoisotopic (exact) mass is 314 g/mol. The molecule has 2 rings (SSSR count). The molecule has 0 fully saturated rings. The molecular weight excluding hydrogens is 288 g/mol. The smallest absolute Gasteiger partial charge is 0.134 e. The number of ether oxygens (including phenoxy) is 1. The van der Waals surface area contributed by atoms with Crippen LogP contribution in [-0.4, -0.2) is 36.7 Å². The van der Waals surface area contributed by atoms with Gasteiger partial charge in [-0.25, -0.2) is 9.97 Å². The molecule has 0 aliphatic heterocycles. The number of hydrogen-bond donors (Lipinski definition) is 1. The van der Waals surface area contributed by atoms with Crippen LogP contribution < -0.4 is 15.0 Å². The lowest BCUT2D eigenvalue weighted by Crippen LogP contribution is -2.23. The molecule has 5 nitrogen and oxygen atoms in total. The van der Waals surface area contributed by atoms with Crippen molar-refractivity contribution in [3.05, 3.63) is 41.7 Å². The van der Waals surface area contributed by atoms with Crippen molar-refractivity contribution in [2.75, 3.05) is 37.0 Å². The summed E-state index contributed by atoms with van der Waals surface area (Å²) in [6.07, 6.45) is 0.918. The first-order chi connectivity index (χ1) is 11.2. The highest BCUT2D eigenvalue weighted by molar-refractivity contribution is 5.49. The molecule has 1 heterocycles. The highest BCUT2D eigenvalue weighted by Crippen LogP contribution is 2.16. The summed E-state index contributed by atoms with van der Waals surface area (Å²) in [7, 11) is 1.69. The Bertz CT molecular complexity index is 626. The van der Waals surface area contributed by atoms with Crippen molar-refractivity contribution in [2.45, 2.75) is 27.2 Å². The van der Waals surface area contributed by atoms with Gasteiger partial charge in [0, 0.05) is 25.7 Å². The lowest BCUT2D eigenvalue weighted by Gasteiger charge is -2.20.